The zero-order valence-electron chi connectivity index (χ0n) is 11.2. The van der Waals surface area contributed by atoms with Crippen molar-refractivity contribution in [1.82, 2.24) is 4.98 Å². The molecule has 20 heavy (non-hydrogen) atoms. The normalized spacial score (nSPS) is 10.3. The van der Waals surface area contributed by atoms with Crippen LogP contribution in [0.25, 0.3) is 0 Å². The first-order valence-electron chi connectivity index (χ1n) is 6.45. The lowest BCUT2D eigenvalue weighted by molar-refractivity contribution is 0.317. The van der Waals surface area contributed by atoms with Gasteiger partial charge in [-0.25, -0.2) is 0 Å². The number of anilines is 1. The second-order valence-corrected chi connectivity index (χ2v) is 6.08. The van der Waals surface area contributed by atoms with Gasteiger partial charge in [0.25, 0.3) is 0 Å². The highest BCUT2D eigenvalue weighted by molar-refractivity contribution is 9.11. The molecule has 1 N–H and O–H groups in total. The van der Waals surface area contributed by atoms with E-state index >= 15 is 0 Å². The number of hydrogen-bond donors (Lipinski definition) is 1. The van der Waals surface area contributed by atoms with Gasteiger partial charge in [0.2, 0.25) is 0 Å². The van der Waals surface area contributed by atoms with Gasteiger partial charge in [-0.05, 0) is 56.5 Å². The van der Waals surface area contributed by atoms with Crippen LogP contribution in [-0.4, -0.2) is 11.6 Å². The molecule has 0 amide bonds. The number of benzene rings is 1. The van der Waals surface area contributed by atoms with Crippen LogP contribution < -0.4 is 10.1 Å². The number of ether oxygens (including phenoxy) is 1. The Labute approximate surface area is 136 Å². The summed E-state index contributed by atoms with van der Waals surface area (Å²) < 4.78 is 7.56. The zero-order valence-corrected chi connectivity index (χ0v) is 14.4. The fourth-order valence-electron chi connectivity index (χ4n) is 1.67. The summed E-state index contributed by atoms with van der Waals surface area (Å²) in [5.41, 5.74) is 1.99. The molecule has 2 rings (SSSR count). The molecule has 0 unspecified atom stereocenters. The summed E-state index contributed by atoms with van der Waals surface area (Å²) in [5, 5.41) is 3.35. The monoisotopic (exact) mass is 398 g/mol. The van der Waals surface area contributed by atoms with Crippen molar-refractivity contribution in [1.29, 1.82) is 0 Å². The topological polar surface area (TPSA) is 34.1 Å². The summed E-state index contributed by atoms with van der Waals surface area (Å²) in [6, 6.07) is 9.96. The molecular weight excluding hydrogens is 384 g/mol. The number of aromatic nitrogens is 1. The first-order chi connectivity index (χ1) is 9.69. The zero-order chi connectivity index (χ0) is 14.4. The molecule has 0 radical (unpaired) electrons. The third kappa shape index (κ3) is 4.49. The molecule has 2 aromatic rings. The Morgan fingerprint density at radius 2 is 2.10 bits per heavy atom. The van der Waals surface area contributed by atoms with Gasteiger partial charge in [-0.3, -0.25) is 4.98 Å². The molecule has 0 aliphatic heterocycles. The first-order valence-corrected chi connectivity index (χ1v) is 8.04. The van der Waals surface area contributed by atoms with Crippen molar-refractivity contribution in [2.45, 2.75) is 19.9 Å². The lowest BCUT2D eigenvalue weighted by Crippen LogP contribution is -2.03. The lowest BCUT2D eigenvalue weighted by atomic mass is 10.3. The molecule has 0 saturated carbocycles. The Morgan fingerprint density at radius 1 is 1.25 bits per heavy atom. The molecule has 0 aliphatic rings. The Bertz CT molecular complexity index is 576. The summed E-state index contributed by atoms with van der Waals surface area (Å²) in [4.78, 5) is 4.38. The number of rotatable bonds is 6. The van der Waals surface area contributed by atoms with Gasteiger partial charge in [0.1, 0.15) is 5.75 Å². The molecule has 0 spiro atoms. The van der Waals surface area contributed by atoms with Gasteiger partial charge >= 0.3 is 0 Å². The fraction of sp³-hybridized carbons (Fsp3) is 0.267. The van der Waals surface area contributed by atoms with Crippen molar-refractivity contribution in [3.05, 3.63) is 51.2 Å². The smallest absolute Gasteiger partial charge is 0.121 e. The van der Waals surface area contributed by atoms with Gasteiger partial charge in [0.05, 0.1) is 18.8 Å². The van der Waals surface area contributed by atoms with Crippen LogP contribution in [0.15, 0.2) is 45.5 Å². The highest BCUT2D eigenvalue weighted by atomic mass is 79.9. The van der Waals surface area contributed by atoms with Gasteiger partial charge in [0.15, 0.2) is 0 Å². The van der Waals surface area contributed by atoms with E-state index in [9.17, 15) is 0 Å². The molecule has 3 nitrogen and oxygen atoms in total. The molecule has 1 heterocycles. The Morgan fingerprint density at radius 3 is 2.85 bits per heavy atom. The minimum absolute atomic E-state index is 0.658. The molecule has 0 fully saturated rings. The van der Waals surface area contributed by atoms with E-state index in [1.807, 2.05) is 30.3 Å². The summed E-state index contributed by atoms with van der Waals surface area (Å²) in [6.45, 7) is 3.49. The molecule has 0 atom stereocenters. The maximum Gasteiger partial charge on any atom is 0.121 e. The molecule has 0 bridgehead atoms. The van der Waals surface area contributed by atoms with Gasteiger partial charge in [-0.1, -0.05) is 13.0 Å². The fourth-order valence-corrected chi connectivity index (χ4v) is 2.80. The minimum atomic E-state index is 0.658. The molecule has 0 aliphatic carbocycles. The third-order valence-corrected chi connectivity index (χ3v) is 3.77. The number of pyridine rings is 1. The predicted octanol–water partition coefficient (Wildman–Crippen LogP) is 5.01. The van der Waals surface area contributed by atoms with E-state index in [0.717, 1.165) is 39.1 Å². The SMILES string of the molecule is CCCOc1cccc(NCc2ncc(Br)cc2Br)c1. The second kappa shape index (κ2) is 7.64. The van der Waals surface area contributed by atoms with Crippen LogP contribution >= 0.6 is 31.9 Å². The molecule has 1 aromatic carbocycles. The Balaban J connectivity index is 1.99. The van der Waals surface area contributed by atoms with Crippen molar-refractivity contribution in [2.75, 3.05) is 11.9 Å². The van der Waals surface area contributed by atoms with E-state index in [2.05, 4.69) is 49.1 Å². The van der Waals surface area contributed by atoms with Crippen LogP contribution in [0.2, 0.25) is 0 Å². The van der Waals surface area contributed by atoms with Crippen molar-refractivity contribution in [2.24, 2.45) is 0 Å². The van der Waals surface area contributed by atoms with Crippen molar-refractivity contribution in [3.8, 4) is 5.75 Å². The van der Waals surface area contributed by atoms with Gasteiger partial charge in [-0.15, -0.1) is 0 Å². The summed E-state index contributed by atoms with van der Waals surface area (Å²) in [6.07, 6.45) is 2.80. The number of hydrogen-bond acceptors (Lipinski definition) is 3. The van der Waals surface area contributed by atoms with E-state index in [-0.39, 0.29) is 0 Å². The van der Waals surface area contributed by atoms with Crippen LogP contribution in [-0.2, 0) is 6.54 Å². The average Bonchev–Trinajstić information content (AvgIpc) is 2.45. The maximum atomic E-state index is 5.62. The first kappa shape index (κ1) is 15.3. The molecular formula is C15H16Br2N2O. The average molecular weight is 400 g/mol. The molecule has 0 saturated heterocycles. The van der Waals surface area contributed by atoms with Gasteiger partial charge in [-0.2, -0.15) is 0 Å². The van der Waals surface area contributed by atoms with Crippen LogP contribution in [0, 0.1) is 0 Å². The largest absolute Gasteiger partial charge is 0.494 e. The molecule has 106 valence electrons. The van der Waals surface area contributed by atoms with Crippen LogP contribution in [0.4, 0.5) is 5.69 Å². The third-order valence-electron chi connectivity index (χ3n) is 2.65. The van der Waals surface area contributed by atoms with E-state index in [1.165, 1.54) is 0 Å². The van der Waals surface area contributed by atoms with E-state index in [1.54, 1.807) is 6.20 Å². The molecule has 1 aromatic heterocycles. The van der Waals surface area contributed by atoms with Crippen molar-refractivity contribution >= 4 is 37.5 Å². The quantitative estimate of drug-likeness (QED) is 0.741. The predicted molar refractivity (Wildman–Crippen MR) is 89.2 cm³/mol. The minimum Gasteiger partial charge on any atom is -0.494 e. The van der Waals surface area contributed by atoms with Crippen molar-refractivity contribution in [3.63, 3.8) is 0 Å². The lowest BCUT2D eigenvalue weighted by Gasteiger charge is -2.10. The van der Waals surface area contributed by atoms with Crippen molar-refractivity contribution < 1.29 is 4.74 Å². The summed E-state index contributed by atoms with van der Waals surface area (Å²) in [5.74, 6) is 0.889. The van der Waals surface area contributed by atoms with Crippen LogP contribution in [0.3, 0.4) is 0 Å². The van der Waals surface area contributed by atoms with E-state index in [0.29, 0.717) is 6.54 Å². The standard InChI is InChI=1S/C15H16Br2N2O/c1-2-6-20-13-5-3-4-12(8-13)18-10-15-14(17)7-11(16)9-19-15/h3-5,7-9,18H,2,6,10H2,1H3. The summed E-state index contributed by atoms with van der Waals surface area (Å²) in [7, 11) is 0. The second-order valence-electron chi connectivity index (χ2n) is 4.31. The van der Waals surface area contributed by atoms with Gasteiger partial charge < -0.3 is 10.1 Å². The highest BCUT2D eigenvalue weighted by Crippen LogP contribution is 2.22. The van der Waals surface area contributed by atoms with Crippen LogP contribution in [0.5, 0.6) is 5.75 Å². The molecule has 5 heteroatoms. The van der Waals surface area contributed by atoms with E-state index < -0.39 is 0 Å². The number of nitrogens with one attached hydrogen (secondary N) is 1. The Kier molecular flexibility index (Phi) is 5.86. The maximum absolute atomic E-state index is 5.62. The Hall–Kier alpha value is -1.07. The van der Waals surface area contributed by atoms with Gasteiger partial charge in [0, 0.05) is 26.9 Å². The van der Waals surface area contributed by atoms with E-state index in [4.69, 9.17) is 4.74 Å². The van der Waals surface area contributed by atoms with Crippen LogP contribution in [0.1, 0.15) is 19.0 Å². The summed E-state index contributed by atoms with van der Waals surface area (Å²) >= 11 is 6.91. The number of halogens is 2. The number of nitrogens with zero attached hydrogens (tertiary/aromatic N) is 1. The highest BCUT2D eigenvalue weighted by Gasteiger charge is 2.03.